The summed E-state index contributed by atoms with van der Waals surface area (Å²) in [5.74, 6) is 0.557. The van der Waals surface area contributed by atoms with Crippen LogP contribution in [0.2, 0.25) is 0 Å². The molecule has 0 aliphatic carbocycles. The quantitative estimate of drug-likeness (QED) is 0.758. The maximum absolute atomic E-state index is 6.09. The Morgan fingerprint density at radius 1 is 1.35 bits per heavy atom. The van der Waals surface area contributed by atoms with Crippen LogP contribution in [0.4, 0.5) is 0 Å². The summed E-state index contributed by atoms with van der Waals surface area (Å²) < 4.78 is 15.1. The standard InChI is InChI=1S/C15H18N6O2/c1-20-8-11(6-18-20)13-9-21-14(2-3-17-21)15(19-13)23-12-7-16-4-5-22-10-12/h2-3,6,8-9,12,16H,4-5,7,10H2,1H3/t12-/m0/s1. The summed E-state index contributed by atoms with van der Waals surface area (Å²) in [7, 11) is 1.88. The minimum atomic E-state index is -0.0761. The molecule has 4 rings (SSSR count). The predicted octanol–water partition coefficient (Wildman–Crippen LogP) is 0.497. The topological polar surface area (TPSA) is 78.5 Å². The van der Waals surface area contributed by atoms with E-state index < -0.39 is 0 Å². The van der Waals surface area contributed by atoms with Crippen molar-refractivity contribution in [1.29, 1.82) is 0 Å². The number of hydrogen-bond donors (Lipinski definition) is 1. The molecule has 8 heteroatoms. The van der Waals surface area contributed by atoms with Gasteiger partial charge in [-0.3, -0.25) is 4.68 Å². The van der Waals surface area contributed by atoms with Gasteiger partial charge in [0.2, 0.25) is 5.88 Å². The average molecular weight is 314 g/mol. The fourth-order valence-electron chi connectivity index (χ4n) is 2.59. The Bertz CT molecular complexity index is 803. The second-order valence-electron chi connectivity index (χ2n) is 5.51. The van der Waals surface area contributed by atoms with Crippen LogP contribution in [0.5, 0.6) is 5.88 Å². The Morgan fingerprint density at radius 2 is 2.30 bits per heavy atom. The molecule has 8 nitrogen and oxygen atoms in total. The van der Waals surface area contributed by atoms with Crippen LogP contribution in [0.15, 0.2) is 30.9 Å². The minimum absolute atomic E-state index is 0.0761. The first-order valence-electron chi connectivity index (χ1n) is 7.58. The van der Waals surface area contributed by atoms with Gasteiger partial charge in [0.25, 0.3) is 0 Å². The fourth-order valence-corrected chi connectivity index (χ4v) is 2.59. The van der Waals surface area contributed by atoms with Crippen LogP contribution in [0, 0.1) is 0 Å². The number of rotatable bonds is 3. The molecule has 23 heavy (non-hydrogen) atoms. The van der Waals surface area contributed by atoms with Crippen molar-refractivity contribution in [1.82, 2.24) is 29.7 Å². The van der Waals surface area contributed by atoms with Crippen molar-refractivity contribution in [3.05, 3.63) is 30.9 Å². The van der Waals surface area contributed by atoms with Crippen LogP contribution >= 0.6 is 0 Å². The van der Waals surface area contributed by atoms with Crippen molar-refractivity contribution in [2.24, 2.45) is 7.05 Å². The first kappa shape index (κ1) is 14.2. The van der Waals surface area contributed by atoms with E-state index in [-0.39, 0.29) is 6.10 Å². The van der Waals surface area contributed by atoms with Crippen molar-refractivity contribution < 1.29 is 9.47 Å². The van der Waals surface area contributed by atoms with Crippen molar-refractivity contribution in [2.45, 2.75) is 6.10 Å². The van der Waals surface area contributed by atoms with Gasteiger partial charge in [-0.15, -0.1) is 0 Å². The van der Waals surface area contributed by atoms with Crippen molar-refractivity contribution in [2.75, 3.05) is 26.3 Å². The molecule has 1 saturated heterocycles. The van der Waals surface area contributed by atoms with Crippen LogP contribution in [0.1, 0.15) is 0 Å². The molecule has 0 amide bonds. The van der Waals surface area contributed by atoms with E-state index in [2.05, 4.69) is 20.5 Å². The second kappa shape index (κ2) is 5.98. The van der Waals surface area contributed by atoms with Gasteiger partial charge in [-0.2, -0.15) is 10.2 Å². The third-order valence-corrected chi connectivity index (χ3v) is 3.73. The Morgan fingerprint density at radius 3 is 3.17 bits per heavy atom. The lowest BCUT2D eigenvalue weighted by molar-refractivity contribution is 0.0711. The normalized spacial score (nSPS) is 18.9. The molecule has 1 fully saturated rings. The molecule has 1 aliphatic heterocycles. The molecule has 0 unspecified atom stereocenters. The summed E-state index contributed by atoms with van der Waals surface area (Å²) in [5.41, 5.74) is 2.53. The zero-order valence-corrected chi connectivity index (χ0v) is 12.8. The number of nitrogens with one attached hydrogen (secondary N) is 1. The SMILES string of the molecule is Cn1cc(-c2cn3nccc3c(O[C@H]3CNCCOC3)n2)cn1. The van der Waals surface area contributed by atoms with E-state index in [4.69, 9.17) is 9.47 Å². The van der Waals surface area contributed by atoms with E-state index >= 15 is 0 Å². The fraction of sp³-hybridized carbons (Fsp3) is 0.400. The number of ether oxygens (including phenoxy) is 2. The lowest BCUT2D eigenvalue weighted by Gasteiger charge is -2.17. The lowest BCUT2D eigenvalue weighted by Crippen LogP contribution is -2.32. The van der Waals surface area contributed by atoms with Gasteiger partial charge in [-0.1, -0.05) is 0 Å². The van der Waals surface area contributed by atoms with Gasteiger partial charge in [0.05, 0.1) is 37.5 Å². The molecular formula is C15H18N6O2. The molecule has 120 valence electrons. The van der Waals surface area contributed by atoms with Crippen LogP contribution in [0.3, 0.4) is 0 Å². The molecule has 0 radical (unpaired) electrons. The summed E-state index contributed by atoms with van der Waals surface area (Å²) in [6.45, 7) is 2.82. The molecular weight excluding hydrogens is 296 g/mol. The maximum Gasteiger partial charge on any atom is 0.241 e. The monoisotopic (exact) mass is 314 g/mol. The molecule has 0 bridgehead atoms. The summed E-state index contributed by atoms with van der Waals surface area (Å²) in [4.78, 5) is 4.66. The average Bonchev–Trinajstić information content (AvgIpc) is 3.11. The Labute approximate surface area is 133 Å². The molecule has 1 N–H and O–H groups in total. The lowest BCUT2D eigenvalue weighted by atomic mass is 10.2. The first-order chi connectivity index (χ1) is 11.3. The highest BCUT2D eigenvalue weighted by atomic mass is 16.5. The predicted molar refractivity (Wildman–Crippen MR) is 83.3 cm³/mol. The Hall–Kier alpha value is -2.45. The maximum atomic E-state index is 6.09. The summed E-state index contributed by atoms with van der Waals surface area (Å²) in [6, 6.07) is 1.89. The van der Waals surface area contributed by atoms with Gasteiger partial charge in [0.15, 0.2) is 0 Å². The molecule has 3 aromatic heterocycles. The second-order valence-corrected chi connectivity index (χ2v) is 5.51. The molecule has 3 aromatic rings. The van der Waals surface area contributed by atoms with Crippen LogP contribution < -0.4 is 10.1 Å². The van der Waals surface area contributed by atoms with Gasteiger partial charge in [-0.05, 0) is 6.07 Å². The van der Waals surface area contributed by atoms with Crippen molar-refractivity contribution >= 4 is 5.52 Å². The minimum Gasteiger partial charge on any atom is -0.469 e. The Kier molecular flexibility index (Phi) is 3.68. The van der Waals surface area contributed by atoms with Crippen LogP contribution in [0.25, 0.3) is 16.8 Å². The Balaban J connectivity index is 1.70. The number of fused-ring (bicyclic) bond motifs is 1. The van der Waals surface area contributed by atoms with Gasteiger partial charge in [-0.25, -0.2) is 9.50 Å². The molecule has 4 heterocycles. The molecule has 0 aromatic carbocycles. The third-order valence-electron chi connectivity index (χ3n) is 3.73. The molecule has 1 aliphatic rings. The number of nitrogens with zero attached hydrogens (tertiary/aromatic N) is 5. The zero-order chi connectivity index (χ0) is 15.6. The van der Waals surface area contributed by atoms with Crippen LogP contribution in [-0.2, 0) is 11.8 Å². The molecule has 0 saturated carbocycles. The zero-order valence-electron chi connectivity index (χ0n) is 12.8. The number of aryl methyl sites for hydroxylation is 1. The number of hydrogen-bond acceptors (Lipinski definition) is 6. The van der Waals surface area contributed by atoms with E-state index in [0.29, 0.717) is 19.1 Å². The van der Waals surface area contributed by atoms with Crippen molar-refractivity contribution in [3.63, 3.8) is 0 Å². The van der Waals surface area contributed by atoms with E-state index in [0.717, 1.165) is 29.9 Å². The van der Waals surface area contributed by atoms with E-state index in [1.54, 1.807) is 21.6 Å². The van der Waals surface area contributed by atoms with Gasteiger partial charge >= 0.3 is 0 Å². The highest BCUT2D eigenvalue weighted by Gasteiger charge is 2.18. The van der Waals surface area contributed by atoms with Gasteiger partial charge in [0, 0.05) is 31.9 Å². The van der Waals surface area contributed by atoms with E-state index in [9.17, 15) is 0 Å². The summed E-state index contributed by atoms with van der Waals surface area (Å²) in [6.07, 6.45) is 7.22. The molecule has 0 spiro atoms. The van der Waals surface area contributed by atoms with Gasteiger partial charge < -0.3 is 14.8 Å². The summed E-state index contributed by atoms with van der Waals surface area (Å²) in [5, 5.41) is 11.8. The van der Waals surface area contributed by atoms with E-state index in [1.807, 2.05) is 25.5 Å². The van der Waals surface area contributed by atoms with Crippen LogP contribution in [-0.4, -0.2) is 56.8 Å². The van der Waals surface area contributed by atoms with E-state index in [1.165, 1.54) is 0 Å². The highest BCUT2D eigenvalue weighted by molar-refractivity contribution is 5.63. The first-order valence-corrected chi connectivity index (χ1v) is 7.58. The molecule has 1 atom stereocenters. The third kappa shape index (κ3) is 2.90. The summed E-state index contributed by atoms with van der Waals surface area (Å²) >= 11 is 0. The number of aromatic nitrogens is 5. The van der Waals surface area contributed by atoms with Gasteiger partial charge in [0.1, 0.15) is 11.6 Å². The smallest absolute Gasteiger partial charge is 0.241 e. The highest BCUT2D eigenvalue weighted by Crippen LogP contribution is 2.24. The van der Waals surface area contributed by atoms with Crippen molar-refractivity contribution in [3.8, 4) is 17.1 Å². The largest absolute Gasteiger partial charge is 0.469 e.